The Morgan fingerprint density at radius 3 is 2.19 bits per heavy atom. The van der Waals surface area contributed by atoms with Crippen molar-refractivity contribution in [2.24, 2.45) is 0 Å². The fourth-order valence-electron chi connectivity index (χ4n) is 1.95. The lowest BCUT2D eigenvalue weighted by Gasteiger charge is -2.21. The van der Waals surface area contributed by atoms with Gasteiger partial charge >= 0.3 is 5.97 Å². The van der Waals surface area contributed by atoms with Crippen molar-refractivity contribution in [1.82, 2.24) is 4.90 Å². The Labute approximate surface area is 124 Å². The van der Waals surface area contributed by atoms with Gasteiger partial charge in [0.25, 0.3) is 0 Å². The number of hydrogen-bond donors (Lipinski definition) is 1. The molecule has 0 amide bonds. The van der Waals surface area contributed by atoms with Crippen molar-refractivity contribution in [1.29, 1.82) is 0 Å². The maximum atomic E-state index is 10.9. The molecule has 0 saturated heterocycles. The zero-order chi connectivity index (χ0) is 15.8. The van der Waals surface area contributed by atoms with Crippen molar-refractivity contribution >= 4 is 5.97 Å². The summed E-state index contributed by atoms with van der Waals surface area (Å²) in [5.41, 5.74) is 0.720. The molecule has 21 heavy (non-hydrogen) atoms. The quantitative estimate of drug-likeness (QED) is 0.727. The van der Waals surface area contributed by atoms with E-state index in [-0.39, 0.29) is 13.1 Å². The van der Waals surface area contributed by atoms with E-state index in [2.05, 4.69) is 5.92 Å². The number of terminal acetylenes is 1. The van der Waals surface area contributed by atoms with Gasteiger partial charge in [-0.3, -0.25) is 9.69 Å². The van der Waals surface area contributed by atoms with Crippen molar-refractivity contribution < 1.29 is 24.1 Å². The number of aliphatic carboxylic acids is 1. The van der Waals surface area contributed by atoms with Crippen molar-refractivity contribution in [2.75, 3.05) is 34.4 Å². The van der Waals surface area contributed by atoms with Gasteiger partial charge in [0.05, 0.1) is 40.0 Å². The summed E-state index contributed by atoms with van der Waals surface area (Å²) in [6.45, 7) is 0.347. The van der Waals surface area contributed by atoms with E-state index in [1.165, 1.54) is 14.2 Å². The van der Waals surface area contributed by atoms with E-state index in [0.717, 1.165) is 5.56 Å². The van der Waals surface area contributed by atoms with Crippen LogP contribution in [0.5, 0.6) is 17.2 Å². The molecule has 6 nitrogen and oxygen atoms in total. The topological polar surface area (TPSA) is 68.2 Å². The van der Waals surface area contributed by atoms with Crippen molar-refractivity contribution in [3.05, 3.63) is 17.7 Å². The largest absolute Gasteiger partial charge is 0.496 e. The standard InChI is InChI=1S/C15H19NO5/c1-5-6-16(10-15(17)18)9-12-13(20-3)7-11(19-2)8-14(12)21-4/h1,7-8H,6,9-10H2,2-4H3,(H,17,18). The Balaban J connectivity index is 3.14. The van der Waals surface area contributed by atoms with Crippen LogP contribution < -0.4 is 14.2 Å². The number of carboxylic acid groups (broad SMARTS) is 1. The van der Waals surface area contributed by atoms with E-state index >= 15 is 0 Å². The fraction of sp³-hybridized carbons (Fsp3) is 0.400. The van der Waals surface area contributed by atoms with E-state index in [9.17, 15) is 4.79 Å². The van der Waals surface area contributed by atoms with Gasteiger partial charge in [-0.1, -0.05) is 5.92 Å². The lowest BCUT2D eigenvalue weighted by Crippen LogP contribution is -2.30. The highest BCUT2D eigenvalue weighted by Gasteiger charge is 2.18. The Kier molecular flexibility index (Phi) is 6.37. The van der Waals surface area contributed by atoms with E-state index < -0.39 is 5.97 Å². The van der Waals surface area contributed by atoms with Crippen LogP contribution in [-0.4, -0.2) is 50.4 Å². The molecule has 0 aliphatic heterocycles. The van der Waals surface area contributed by atoms with Crippen LogP contribution >= 0.6 is 0 Å². The van der Waals surface area contributed by atoms with Crippen LogP contribution in [0.2, 0.25) is 0 Å². The van der Waals surface area contributed by atoms with Crippen LogP contribution in [0.1, 0.15) is 5.56 Å². The SMILES string of the molecule is C#CCN(CC(=O)O)Cc1c(OC)cc(OC)cc1OC. The second-order valence-electron chi connectivity index (χ2n) is 4.25. The zero-order valence-corrected chi connectivity index (χ0v) is 12.4. The highest BCUT2D eigenvalue weighted by atomic mass is 16.5. The minimum absolute atomic E-state index is 0.164. The predicted molar refractivity (Wildman–Crippen MR) is 77.8 cm³/mol. The van der Waals surface area contributed by atoms with Crippen molar-refractivity contribution in [3.8, 4) is 29.6 Å². The minimum Gasteiger partial charge on any atom is -0.496 e. The molecule has 114 valence electrons. The smallest absolute Gasteiger partial charge is 0.317 e. The Morgan fingerprint density at radius 1 is 1.24 bits per heavy atom. The van der Waals surface area contributed by atoms with Crippen LogP contribution in [0.25, 0.3) is 0 Å². The summed E-state index contributed by atoms with van der Waals surface area (Å²) >= 11 is 0. The first kappa shape index (κ1) is 16.7. The van der Waals surface area contributed by atoms with E-state index in [4.69, 9.17) is 25.7 Å². The molecule has 1 rings (SSSR count). The number of rotatable bonds is 8. The van der Waals surface area contributed by atoms with Gasteiger partial charge in [0.15, 0.2) is 0 Å². The molecule has 0 bridgehead atoms. The minimum atomic E-state index is -0.948. The first-order chi connectivity index (χ1) is 10.0. The number of ether oxygens (including phenoxy) is 3. The van der Waals surface area contributed by atoms with Gasteiger partial charge in [0, 0.05) is 18.7 Å². The molecule has 0 unspecified atom stereocenters. The van der Waals surface area contributed by atoms with Gasteiger partial charge in [0.2, 0.25) is 0 Å². The number of carboxylic acids is 1. The van der Waals surface area contributed by atoms with E-state index in [1.807, 2.05) is 0 Å². The van der Waals surface area contributed by atoms with Gasteiger partial charge in [-0.2, -0.15) is 0 Å². The van der Waals surface area contributed by atoms with Crippen molar-refractivity contribution in [2.45, 2.75) is 6.54 Å². The van der Waals surface area contributed by atoms with Gasteiger partial charge in [-0.05, 0) is 0 Å². The third kappa shape index (κ3) is 4.58. The third-order valence-corrected chi connectivity index (χ3v) is 2.87. The summed E-state index contributed by atoms with van der Waals surface area (Å²) in [6.07, 6.45) is 5.28. The maximum absolute atomic E-state index is 10.9. The molecule has 1 aromatic carbocycles. The van der Waals surface area contributed by atoms with Crippen LogP contribution in [0, 0.1) is 12.3 Å². The van der Waals surface area contributed by atoms with Crippen LogP contribution in [0.4, 0.5) is 0 Å². The second kappa shape index (κ2) is 8.02. The molecule has 1 aromatic rings. The monoisotopic (exact) mass is 293 g/mol. The molecule has 0 fully saturated rings. The molecule has 0 aliphatic rings. The first-order valence-corrected chi connectivity index (χ1v) is 6.22. The maximum Gasteiger partial charge on any atom is 0.317 e. The summed E-state index contributed by atoms with van der Waals surface area (Å²) in [5.74, 6) is 3.20. The van der Waals surface area contributed by atoms with Crippen LogP contribution in [0.15, 0.2) is 12.1 Å². The summed E-state index contributed by atoms with van der Waals surface area (Å²) in [7, 11) is 4.60. The molecular formula is C15H19NO5. The van der Waals surface area contributed by atoms with E-state index in [1.54, 1.807) is 24.1 Å². The lowest BCUT2D eigenvalue weighted by atomic mass is 10.1. The molecular weight excluding hydrogens is 274 g/mol. The summed E-state index contributed by atoms with van der Waals surface area (Å²) in [4.78, 5) is 12.5. The highest BCUT2D eigenvalue weighted by Crippen LogP contribution is 2.34. The molecule has 0 aromatic heterocycles. The molecule has 0 heterocycles. The number of methoxy groups -OCH3 is 3. The van der Waals surface area contributed by atoms with Gasteiger partial charge in [-0.15, -0.1) is 6.42 Å². The average Bonchev–Trinajstić information content (AvgIpc) is 2.46. The lowest BCUT2D eigenvalue weighted by molar-refractivity contribution is -0.138. The number of nitrogens with zero attached hydrogens (tertiary/aromatic N) is 1. The van der Waals surface area contributed by atoms with Crippen LogP contribution in [0.3, 0.4) is 0 Å². The molecule has 0 aliphatic carbocycles. The Morgan fingerprint density at radius 2 is 1.81 bits per heavy atom. The molecule has 6 heteroatoms. The number of hydrogen-bond acceptors (Lipinski definition) is 5. The van der Waals surface area contributed by atoms with Gasteiger partial charge in [-0.25, -0.2) is 0 Å². The zero-order valence-electron chi connectivity index (χ0n) is 12.4. The normalized spacial score (nSPS) is 10.0. The molecule has 0 atom stereocenters. The predicted octanol–water partition coefficient (Wildman–Crippen LogP) is 1.23. The fourth-order valence-corrected chi connectivity index (χ4v) is 1.95. The molecule has 1 N–H and O–H groups in total. The van der Waals surface area contributed by atoms with Crippen molar-refractivity contribution in [3.63, 3.8) is 0 Å². The Hall–Kier alpha value is -2.39. The Bertz CT molecular complexity index is 510. The van der Waals surface area contributed by atoms with Gasteiger partial charge in [0.1, 0.15) is 17.2 Å². The van der Waals surface area contributed by atoms with E-state index in [0.29, 0.717) is 23.8 Å². The average molecular weight is 293 g/mol. The second-order valence-corrected chi connectivity index (χ2v) is 4.25. The summed E-state index contributed by atoms with van der Waals surface area (Å²) in [6, 6.07) is 3.43. The molecule has 0 spiro atoms. The molecule has 0 radical (unpaired) electrons. The molecule has 0 saturated carbocycles. The highest BCUT2D eigenvalue weighted by molar-refractivity contribution is 5.69. The summed E-state index contributed by atoms with van der Waals surface area (Å²) in [5, 5.41) is 8.93. The first-order valence-electron chi connectivity index (χ1n) is 6.22. The van der Waals surface area contributed by atoms with Gasteiger partial charge < -0.3 is 19.3 Å². The third-order valence-electron chi connectivity index (χ3n) is 2.87. The van der Waals surface area contributed by atoms with Crippen LogP contribution in [-0.2, 0) is 11.3 Å². The number of benzene rings is 1. The summed E-state index contributed by atoms with van der Waals surface area (Å²) < 4.78 is 15.8. The number of carbonyl (C=O) groups is 1.